The van der Waals surface area contributed by atoms with Gasteiger partial charge in [0.15, 0.2) is 0 Å². The molecule has 3 rings (SSSR count). The molecule has 0 saturated carbocycles. The zero-order valence-electron chi connectivity index (χ0n) is 18.8. The number of hydrogen-bond acceptors (Lipinski definition) is 2. The maximum absolute atomic E-state index is 14.5. The van der Waals surface area contributed by atoms with Crippen molar-refractivity contribution in [3.63, 3.8) is 0 Å². The Hall–Kier alpha value is -3.18. The van der Waals surface area contributed by atoms with Gasteiger partial charge in [0.05, 0.1) is 6.42 Å². The Morgan fingerprint density at radius 1 is 0.939 bits per heavy atom. The van der Waals surface area contributed by atoms with E-state index in [9.17, 15) is 14.0 Å². The highest BCUT2D eigenvalue weighted by molar-refractivity contribution is 6.30. The van der Waals surface area contributed by atoms with E-state index in [-0.39, 0.29) is 30.8 Å². The highest BCUT2D eigenvalue weighted by Crippen LogP contribution is 2.19. The average molecular weight is 467 g/mol. The Balaban J connectivity index is 1.98. The van der Waals surface area contributed by atoms with Crippen LogP contribution in [0.2, 0.25) is 5.02 Å². The van der Waals surface area contributed by atoms with E-state index in [1.807, 2.05) is 50.2 Å². The number of nitrogens with one attached hydrogen (secondary N) is 1. The molecule has 6 heteroatoms. The highest BCUT2D eigenvalue weighted by Gasteiger charge is 2.31. The third kappa shape index (κ3) is 7.16. The van der Waals surface area contributed by atoms with Crippen LogP contribution in [0.4, 0.5) is 4.39 Å². The first-order valence-corrected chi connectivity index (χ1v) is 11.3. The number of carbonyl (C=O) groups excluding carboxylic acids is 2. The summed E-state index contributed by atoms with van der Waals surface area (Å²) in [6.45, 7) is 3.72. The second-order valence-electron chi connectivity index (χ2n) is 8.29. The normalized spacial score (nSPS) is 11.8. The highest BCUT2D eigenvalue weighted by atomic mass is 35.5. The Morgan fingerprint density at radius 3 is 2.27 bits per heavy atom. The van der Waals surface area contributed by atoms with Gasteiger partial charge >= 0.3 is 0 Å². The fraction of sp³-hybridized carbons (Fsp3) is 0.259. The van der Waals surface area contributed by atoms with Gasteiger partial charge < -0.3 is 10.2 Å². The zero-order valence-corrected chi connectivity index (χ0v) is 19.6. The lowest BCUT2D eigenvalue weighted by Crippen LogP contribution is -2.52. The quantitative estimate of drug-likeness (QED) is 0.472. The molecule has 2 amide bonds. The van der Waals surface area contributed by atoms with Gasteiger partial charge in [0, 0.05) is 29.6 Å². The second-order valence-corrected chi connectivity index (χ2v) is 8.72. The van der Waals surface area contributed by atoms with Crippen molar-refractivity contribution in [2.45, 2.75) is 45.3 Å². The van der Waals surface area contributed by atoms with Crippen molar-refractivity contribution >= 4 is 23.4 Å². The Morgan fingerprint density at radius 2 is 1.61 bits per heavy atom. The Kier molecular flexibility index (Phi) is 8.61. The van der Waals surface area contributed by atoms with E-state index in [1.165, 1.54) is 11.0 Å². The molecule has 0 aliphatic heterocycles. The molecule has 0 heterocycles. The van der Waals surface area contributed by atoms with E-state index < -0.39 is 11.9 Å². The van der Waals surface area contributed by atoms with Gasteiger partial charge in [-0.15, -0.1) is 0 Å². The molecule has 0 radical (unpaired) electrons. The molecule has 172 valence electrons. The maximum atomic E-state index is 14.5. The largest absolute Gasteiger partial charge is 0.352 e. The molecule has 1 atom stereocenters. The number of benzene rings is 3. The lowest BCUT2D eigenvalue weighted by Gasteiger charge is -2.32. The standard InChI is InChI=1S/C27H28ClFN2O2/c1-19(2)30-27(33)25(16-20-9-4-3-5-10-20)31(18-22-12-6-7-14-24(22)29)26(32)17-21-11-8-13-23(28)15-21/h3-15,19,25H,16-18H2,1-2H3,(H,30,33). The molecule has 0 aromatic heterocycles. The molecule has 1 N–H and O–H groups in total. The van der Waals surface area contributed by atoms with Crippen LogP contribution < -0.4 is 5.32 Å². The fourth-order valence-corrected chi connectivity index (χ4v) is 3.88. The summed E-state index contributed by atoms with van der Waals surface area (Å²) in [6.07, 6.45) is 0.365. The number of amides is 2. The molecule has 1 unspecified atom stereocenters. The molecule has 4 nitrogen and oxygen atoms in total. The average Bonchev–Trinajstić information content (AvgIpc) is 2.77. The smallest absolute Gasteiger partial charge is 0.243 e. The minimum atomic E-state index is -0.805. The van der Waals surface area contributed by atoms with Crippen LogP contribution in [-0.2, 0) is 29.0 Å². The van der Waals surface area contributed by atoms with Crippen molar-refractivity contribution in [2.24, 2.45) is 0 Å². The topological polar surface area (TPSA) is 49.4 Å². The van der Waals surface area contributed by atoms with Gasteiger partial charge in [-0.3, -0.25) is 9.59 Å². The summed E-state index contributed by atoms with van der Waals surface area (Å²) in [4.78, 5) is 28.3. The lowest BCUT2D eigenvalue weighted by molar-refractivity contribution is -0.141. The number of hydrogen-bond donors (Lipinski definition) is 1. The first-order chi connectivity index (χ1) is 15.8. The minimum Gasteiger partial charge on any atom is -0.352 e. The van der Waals surface area contributed by atoms with Crippen molar-refractivity contribution in [1.82, 2.24) is 10.2 Å². The molecule has 3 aromatic rings. The summed E-state index contributed by atoms with van der Waals surface area (Å²) in [7, 11) is 0. The SMILES string of the molecule is CC(C)NC(=O)C(Cc1ccccc1)N(Cc1ccccc1F)C(=O)Cc1cccc(Cl)c1. The molecule has 0 bridgehead atoms. The van der Waals surface area contributed by atoms with Crippen LogP contribution in [0, 0.1) is 5.82 Å². The van der Waals surface area contributed by atoms with Gasteiger partial charge in [0.2, 0.25) is 11.8 Å². The summed E-state index contributed by atoms with van der Waals surface area (Å²) in [6, 6.07) is 22.0. The molecular formula is C27H28ClFN2O2. The summed E-state index contributed by atoms with van der Waals surface area (Å²) in [5.41, 5.74) is 2.00. The van der Waals surface area contributed by atoms with Gasteiger partial charge in [0.1, 0.15) is 11.9 Å². The van der Waals surface area contributed by atoms with E-state index in [1.54, 1.807) is 36.4 Å². The second kappa shape index (κ2) is 11.6. The Labute approximate surface area is 199 Å². The van der Waals surface area contributed by atoms with E-state index in [0.29, 0.717) is 17.0 Å². The predicted molar refractivity (Wildman–Crippen MR) is 129 cm³/mol. The third-order valence-electron chi connectivity index (χ3n) is 5.24. The van der Waals surface area contributed by atoms with Crippen molar-refractivity contribution in [2.75, 3.05) is 0 Å². The van der Waals surface area contributed by atoms with Crippen LogP contribution in [0.15, 0.2) is 78.9 Å². The van der Waals surface area contributed by atoms with E-state index in [2.05, 4.69) is 5.32 Å². The molecule has 0 saturated heterocycles. The van der Waals surface area contributed by atoms with Crippen LogP contribution in [0.1, 0.15) is 30.5 Å². The van der Waals surface area contributed by atoms with Gasteiger partial charge in [-0.2, -0.15) is 0 Å². The van der Waals surface area contributed by atoms with E-state index >= 15 is 0 Å². The molecule has 3 aromatic carbocycles. The summed E-state index contributed by atoms with van der Waals surface area (Å²) < 4.78 is 14.5. The van der Waals surface area contributed by atoms with Gasteiger partial charge in [-0.1, -0.05) is 72.3 Å². The molecular weight excluding hydrogens is 439 g/mol. The lowest BCUT2D eigenvalue weighted by atomic mass is 10.0. The summed E-state index contributed by atoms with van der Waals surface area (Å²) in [5, 5.41) is 3.45. The Bertz CT molecular complexity index is 1090. The molecule has 0 fully saturated rings. The monoisotopic (exact) mass is 466 g/mol. The van der Waals surface area contributed by atoms with Gasteiger partial charge in [0.25, 0.3) is 0 Å². The van der Waals surface area contributed by atoms with Gasteiger partial charge in [-0.05, 0) is 43.2 Å². The predicted octanol–water partition coefficient (Wildman–Crippen LogP) is 5.19. The van der Waals surface area contributed by atoms with Crippen molar-refractivity contribution in [3.05, 3.63) is 106 Å². The van der Waals surface area contributed by atoms with Gasteiger partial charge in [-0.25, -0.2) is 4.39 Å². The van der Waals surface area contributed by atoms with Crippen molar-refractivity contribution < 1.29 is 14.0 Å². The van der Waals surface area contributed by atoms with Crippen LogP contribution in [0.25, 0.3) is 0 Å². The summed E-state index contributed by atoms with van der Waals surface area (Å²) >= 11 is 6.10. The van der Waals surface area contributed by atoms with E-state index in [4.69, 9.17) is 11.6 Å². The molecule has 0 spiro atoms. The van der Waals surface area contributed by atoms with Crippen LogP contribution in [0.3, 0.4) is 0 Å². The molecule has 0 aliphatic rings. The van der Waals surface area contributed by atoms with E-state index in [0.717, 1.165) is 11.1 Å². The summed E-state index contributed by atoms with van der Waals surface area (Å²) in [5.74, 6) is -0.967. The molecule has 0 aliphatic carbocycles. The minimum absolute atomic E-state index is 0.0188. The third-order valence-corrected chi connectivity index (χ3v) is 5.48. The number of carbonyl (C=O) groups is 2. The van der Waals surface area contributed by atoms with Crippen LogP contribution in [0.5, 0.6) is 0 Å². The van der Waals surface area contributed by atoms with Crippen molar-refractivity contribution in [3.8, 4) is 0 Å². The first kappa shape index (κ1) is 24.5. The zero-order chi connectivity index (χ0) is 23.8. The number of nitrogens with zero attached hydrogens (tertiary/aromatic N) is 1. The molecule has 33 heavy (non-hydrogen) atoms. The number of halogens is 2. The van der Waals surface area contributed by atoms with Crippen LogP contribution in [-0.4, -0.2) is 28.8 Å². The number of rotatable bonds is 9. The van der Waals surface area contributed by atoms with Crippen LogP contribution >= 0.6 is 11.6 Å². The maximum Gasteiger partial charge on any atom is 0.243 e. The van der Waals surface area contributed by atoms with Crippen molar-refractivity contribution in [1.29, 1.82) is 0 Å². The fourth-order valence-electron chi connectivity index (χ4n) is 3.67. The first-order valence-electron chi connectivity index (χ1n) is 10.9.